The van der Waals surface area contributed by atoms with E-state index in [0.29, 0.717) is 12.0 Å². The van der Waals surface area contributed by atoms with Crippen LogP contribution in [0.15, 0.2) is 53.7 Å². The minimum atomic E-state index is -0.507. The number of aliphatic imine (C=N–C) groups is 1. The lowest BCUT2D eigenvalue weighted by Gasteiger charge is -2.29. The number of carbonyl (C=O) groups is 1. The van der Waals surface area contributed by atoms with Gasteiger partial charge >= 0.3 is 0 Å². The summed E-state index contributed by atoms with van der Waals surface area (Å²) in [5.41, 5.74) is 5.72. The average Bonchev–Trinajstić information content (AvgIpc) is 3.29. The molecule has 1 unspecified atom stereocenters. The highest BCUT2D eigenvalue weighted by atomic mass is 16.2. The van der Waals surface area contributed by atoms with Gasteiger partial charge in [-0.2, -0.15) is 5.26 Å². The van der Waals surface area contributed by atoms with E-state index in [0.717, 1.165) is 49.0 Å². The lowest BCUT2D eigenvalue weighted by molar-refractivity contribution is -0.110. The van der Waals surface area contributed by atoms with Gasteiger partial charge in [0.05, 0.1) is 12.6 Å². The van der Waals surface area contributed by atoms with Crippen LogP contribution in [0.5, 0.6) is 0 Å². The number of rotatable bonds is 6. The number of nitrogens with one attached hydrogen (secondary N) is 2. The number of aryl methyl sites for hydroxylation is 2. The summed E-state index contributed by atoms with van der Waals surface area (Å²) in [6.45, 7) is 4.96. The summed E-state index contributed by atoms with van der Waals surface area (Å²) >= 11 is 0. The molecule has 2 aliphatic rings. The number of benzene rings is 1. The molecule has 1 aromatic heterocycles. The number of anilines is 1. The van der Waals surface area contributed by atoms with Crippen LogP contribution in [0.2, 0.25) is 0 Å². The van der Waals surface area contributed by atoms with E-state index in [-0.39, 0.29) is 11.7 Å². The zero-order chi connectivity index (χ0) is 22.6. The molecule has 0 fully saturated rings. The van der Waals surface area contributed by atoms with Gasteiger partial charge in [-0.15, -0.1) is 0 Å². The molecule has 1 amide bonds. The molecule has 0 spiro atoms. The van der Waals surface area contributed by atoms with E-state index >= 15 is 0 Å². The topological polar surface area (TPSA) is 90.2 Å². The molecule has 32 heavy (non-hydrogen) atoms. The van der Waals surface area contributed by atoms with Crippen LogP contribution in [0, 0.1) is 16.7 Å². The summed E-state index contributed by atoms with van der Waals surface area (Å²) in [5, 5.41) is 15.0. The van der Waals surface area contributed by atoms with E-state index in [1.807, 2.05) is 30.5 Å². The van der Waals surface area contributed by atoms with Crippen LogP contribution in [-0.2, 0) is 17.6 Å². The Kier molecular flexibility index (Phi) is 6.36. The molecular formula is C26H29N5O. The fourth-order valence-electron chi connectivity index (χ4n) is 4.10. The molecular weight excluding hydrogens is 398 g/mol. The molecule has 0 saturated heterocycles. The van der Waals surface area contributed by atoms with Crippen molar-refractivity contribution in [3.8, 4) is 6.07 Å². The van der Waals surface area contributed by atoms with Crippen molar-refractivity contribution in [1.29, 1.82) is 5.26 Å². The van der Waals surface area contributed by atoms with Crippen molar-refractivity contribution in [3.63, 3.8) is 0 Å². The van der Waals surface area contributed by atoms with E-state index in [2.05, 4.69) is 58.7 Å². The third-order valence-corrected chi connectivity index (χ3v) is 6.16. The van der Waals surface area contributed by atoms with Crippen molar-refractivity contribution < 1.29 is 4.79 Å². The molecule has 1 aliphatic carbocycles. The van der Waals surface area contributed by atoms with E-state index in [1.165, 1.54) is 11.1 Å². The number of allylic oxidation sites excluding steroid dienone is 2. The van der Waals surface area contributed by atoms with Crippen molar-refractivity contribution in [2.75, 3.05) is 11.9 Å². The summed E-state index contributed by atoms with van der Waals surface area (Å²) in [6, 6.07) is 13.8. The fraction of sp³-hybridized carbons (Fsp3) is 0.385. The van der Waals surface area contributed by atoms with E-state index in [4.69, 9.17) is 5.26 Å². The van der Waals surface area contributed by atoms with Crippen molar-refractivity contribution in [3.05, 3.63) is 65.5 Å². The van der Waals surface area contributed by atoms with Crippen molar-refractivity contribution >= 4 is 23.0 Å². The Balaban J connectivity index is 1.58. The predicted molar refractivity (Wildman–Crippen MR) is 127 cm³/mol. The first-order chi connectivity index (χ1) is 15.4. The van der Waals surface area contributed by atoms with Gasteiger partial charge < -0.3 is 10.6 Å². The maximum Gasteiger partial charge on any atom is 0.290 e. The van der Waals surface area contributed by atoms with Gasteiger partial charge in [0.2, 0.25) is 0 Å². The molecule has 0 radical (unpaired) electrons. The highest BCUT2D eigenvalue weighted by molar-refractivity contribution is 6.42. The number of hydrogen-bond acceptors (Lipinski definition) is 5. The second kappa shape index (κ2) is 9.35. The quantitative estimate of drug-likeness (QED) is 0.719. The molecule has 1 aromatic carbocycles. The lowest BCUT2D eigenvalue weighted by atomic mass is 9.76. The van der Waals surface area contributed by atoms with Crippen molar-refractivity contribution in [1.82, 2.24) is 10.3 Å². The number of aromatic nitrogens is 1. The average molecular weight is 428 g/mol. The lowest BCUT2D eigenvalue weighted by Crippen LogP contribution is -2.32. The molecule has 2 N–H and O–H groups in total. The van der Waals surface area contributed by atoms with Crippen LogP contribution in [0.3, 0.4) is 0 Å². The number of carbonyl (C=O) groups excluding carboxylic acids is 1. The largest absolute Gasteiger partial charge is 0.362 e. The van der Waals surface area contributed by atoms with Gasteiger partial charge in [0.25, 0.3) is 5.91 Å². The van der Waals surface area contributed by atoms with Crippen LogP contribution < -0.4 is 10.6 Å². The van der Waals surface area contributed by atoms with Gasteiger partial charge in [0.15, 0.2) is 11.9 Å². The van der Waals surface area contributed by atoms with E-state index in [9.17, 15) is 4.79 Å². The molecule has 1 aliphatic heterocycles. The molecule has 0 saturated carbocycles. The second-order valence-corrected chi connectivity index (χ2v) is 9.26. The number of pyridine rings is 1. The van der Waals surface area contributed by atoms with Crippen LogP contribution >= 0.6 is 0 Å². The van der Waals surface area contributed by atoms with Gasteiger partial charge in [-0.1, -0.05) is 32.1 Å². The Morgan fingerprint density at radius 3 is 2.84 bits per heavy atom. The van der Waals surface area contributed by atoms with Crippen LogP contribution in [0.1, 0.15) is 49.9 Å². The SMILES string of the molecule is CC1(C)CC=C(c2cc(CCc3ccccn3)ccc2NC(=O)C2=NC(C#N)CN2)CC1. The summed E-state index contributed by atoms with van der Waals surface area (Å²) < 4.78 is 0. The van der Waals surface area contributed by atoms with Crippen LogP contribution in [0.25, 0.3) is 5.57 Å². The first-order valence-electron chi connectivity index (χ1n) is 11.2. The zero-order valence-electron chi connectivity index (χ0n) is 18.7. The monoisotopic (exact) mass is 427 g/mol. The third kappa shape index (κ3) is 5.23. The Bertz CT molecular complexity index is 1090. The number of nitrogens with zero attached hydrogens (tertiary/aromatic N) is 3. The van der Waals surface area contributed by atoms with Gasteiger partial charge in [-0.05, 0) is 72.9 Å². The summed E-state index contributed by atoms with van der Waals surface area (Å²) in [7, 11) is 0. The van der Waals surface area contributed by atoms with Crippen LogP contribution in [-0.4, -0.2) is 29.3 Å². The van der Waals surface area contributed by atoms with Gasteiger partial charge in [0.1, 0.15) is 0 Å². The van der Waals surface area contributed by atoms with E-state index < -0.39 is 6.04 Å². The molecule has 6 nitrogen and oxygen atoms in total. The standard InChI is InChI=1S/C26H29N5O/c1-26(2)12-10-19(11-13-26)22-15-18(6-8-20-5-3-4-14-28-20)7-9-23(22)31-25(32)24-29-17-21(16-27)30-24/h3-5,7,9-10,14-15,21H,6,8,11-13,17H2,1-2H3,(H,29,30)(H,31,32). The minimum Gasteiger partial charge on any atom is -0.362 e. The Morgan fingerprint density at radius 2 is 2.16 bits per heavy atom. The maximum atomic E-state index is 12.8. The van der Waals surface area contributed by atoms with Crippen molar-refractivity contribution in [2.24, 2.45) is 10.4 Å². The maximum absolute atomic E-state index is 12.8. The third-order valence-electron chi connectivity index (χ3n) is 6.16. The zero-order valence-corrected chi connectivity index (χ0v) is 18.7. The Hall–Kier alpha value is -3.46. The second-order valence-electron chi connectivity index (χ2n) is 9.26. The van der Waals surface area contributed by atoms with E-state index in [1.54, 1.807) is 0 Å². The van der Waals surface area contributed by atoms with Crippen LogP contribution in [0.4, 0.5) is 5.69 Å². The normalized spacial score (nSPS) is 19.3. The van der Waals surface area contributed by atoms with Gasteiger partial charge in [-0.3, -0.25) is 9.78 Å². The molecule has 0 bridgehead atoms. The molecule has 2 aromatic rings. The van der Waals surface area contributed by atoms with Gasteiger partial charge in [-0.25, -0.2) is 4.99 Å². The molecule has 2 heterocycles. The number of nitriles is 1. The Morgan fingerprint density at radius 1 is 1.28 bits per heavy atom. The number of amidine groups is 1. The smallest absolute Gasteiger partial charge is 0.290 e. The minimum absolute atomic E-state index is 0.223. The molecule has 4 rings (SSSR count). The first kappa shape index (κ1) is 21.8. The number of hydrogen-bond donors (Lipinski definition) is 2. The van der Waals surface area contributed by atoms with Crippen molar-refractivity contribution in [2.45, 2.75) is 52.0 Å². The summed E-state index contributed by atoms with van der Waals surface area (Å²) in [5.74, 6) is -0.0811. The molecule has 164 valence electrons. The first-order valence-corrected chi connectivity index (χ1v) is 11.2. The summed E-state index contributed by atoms with van der Waals surface area (Å²) in [4.78, 5) is 21.3. The molecule has 6 heteroatoms. The van der Waals surface area contributed by atoms with Gasteiger partial charge in [0, 0.05) is 23.1 Å². The molecule has 1 atom stereocenters. The predicted octanol–water partition coefficient (Wildman–Crippen LogP) is 4.29. The fourth-order valence-corrected chi connectivity index (χ4v) is 4.10. The highest BCUT2D eigenvalue weighted by Crippen LogP contribution is 2.40. The number of amides is 1. The Labute approximate surface area is 189 Å². The highest BCUT2D eigenvalue weighted by Gasteiger charge is 2.25. The summed E-state index contributed by atoms with van der Waals surface area (Å²) in [6.07, 6.45) is 9.01.